The summed E-state index contributed by atoms with van der Waals surface area (Å²) in [6, 6.07) is 20.2. The smallest absolute Gasteiger partial charge is 0.416 e. The van der Waals surface area contributed by atoms with Crippen molar-refractivity contribution in [2.24, 2.45) is 0 Å². The van der Waals surface area contributed by atoms with E-state index in [1.807, 2.05) is 42.5 Å². The molecule has 1 aliphatic rings. The van der Waals surface area contributed by atoms with Crippen molar-refractivity contribution in [3.8, 4) is 16.9 Å². The summed E-state index contributed by atoms with van der Waals surface area (Å²) in [4.78, 5) is 14.8. The molecule has 1 heterocycles. The first kappa shape index (κ1) is 19.1. The van der Waals surface area contributed by atoms with Crippen molar-refractivity contribution in [2.45, 2.75) is 12.7 Å². The molecule has 0 saturated heterocycles. The summed E-state index contributed by atoms with van der Waals surface area (Å²) in [5.74, 6) is 0.142. The topological polar surface area (TPSA) is 29.5 Å². The highest BCUT2D eigenvalue weighted by Crippen LogP contribution is 2.34. The van der Waals surface area contributed by atoms with Crippen LogP contribution < -0.4 is 4.74 Å². The maximum atomic E-state index is 13.3. The van der Waals surface area contributed by atoms with Crippen LogP contribution in [0.3, 0.4) is 0 Å². The van der Waals surface area contributed by atoms with E-state index in [4.69, 9.17) is 4.74 Å². The molecule has 0 aliphatic carbocycles. The summed E-state index contributed by atoms with van der Waals surface area (Å²) in [6.07, 6.45) is -4.45. The van der Waals surface area contributed by atoms with E-state index in [1.54, 1.807) is 12.1 Å². The number of amides is 1. The van der Waals surface area contributed by atoms with Crippen LogP contribution in [-0.4, -0.2) is 24.0 Å². The van der Waals surface area contributed by atoms with Crippen molar-refractivity contribution >= 4 is 5.91 Å². The lowest BCUT2D eigenvalue weighted by molar-refractivity contribution is -0.137. The average molecular weight is 397 g/mol. The Kier molecular flexibility index (Phi) is 5.01. The van der Waals surface area contributed by atoms with E-state index in [1.165, 1.54) is 11.0 Å². The minimum Gasteiger partial charge on any atom is -0.491 e. The fraction of sp³-hybridized carbons (Fsp3) is 0.174. The number of carbonyl (C=O) groups excluding carboxylic acids is 1. The first-order valence-electron chi connectivity index (χ1n) is 9.20. The average Bonchev–Trinajstić information content (AvgIpc) is 2.95. The fourth-order valence-corrected chi connectivity index (χ4v) is 3.45. The Morgan fingerprint density at radius 1 is 0.931 bits per heavy atom. The van der Waals surface area contributed by atoms with E-state index < -0.39 is 11.7 Å². The summed E-state index contributed by atoms with van der Waals surface area (Å²) < 4.78 is 44.9. The number of alkyl halides is 3. The van der Waals surface area contributed by atoms with Gasteiger partial charge in [0.05, 0.1) is 12.1 Å². The lowest BCUT2D eigenvalue weighted by atomic mass is 9.98. The van der Waals surface area contributed by atoms with E-state index in [-0.39, 0.29) is 25.6 Å². The summed E-state index contributed by atoms with van der Waals surface area (Å²) >= 11 is 0. The van der Waals surface area contributed by atoms with Crippen LogP contribution >= 0.6 is 0 Å². The highest BCUT2D eigenvalue weighted by Gasteiger charge is 2.32. The standard InChI is InChI=1S/C23H18F3NO2/c24-23(25,26)18-10-11-21-17(14-18)15-27(12-13-29-21)22(28)20-9-5-4-8-19(20)16-6-2-1-3-7-16/h1-11,14H,12-13,15H2. The van der Waals surface area contributed by atoms with Crippen LogP contribution in [0.4, 0.5) is 13.2 Å². The third-order valence-electron chi connectivity index (χ3n) is 4.90. The Balaban J connectivity index is 1.67. The highest BCUT2D eigenvalue weighted by molar-refractivity contribution is 6.00. The quantitative estimate of drug-likeness (QED) is 0.579. The molecule has 148 valence electrons. The minimum absolute atomic E-state index is 0.0568. The number of carbonyl (C=O) groups is 1. The molecule has 1 aliphatic heterocycles. The van der Waals surface area contributed by atoms with Gasteiger partial charge in [0, 0.05) is 17.7 Å². The van der Waals surface area contributed by atoms with Crippen molar-refractivity contribution in [1.29, 1.82) is 0 Å². The number of hydrogen-bond acceptors (Lipinski definition) is 2. The van der Waals surface area contributed by atoms with Crippen LogP contribution in [0.15, 0.2) is 72.8 Å². The van der Waals surface area contributed by atoms with Gasteiger partial charge in [0.15, 0.2) is 0 Å². The molecule has 29 heavy (non-hydrogen) atoms. The Morgan fingerprint density at radius 3 is 2.41 bits per heavy atom. The van der Waals surface area contributed by atoms with E-state index in [0.717, 1.165) is 23.3 Å². The molecular weight excluding hydrogens is 379 g/mol. The lowest BCUT2D eigenvalue weighted by Crippen LogP contribution is -2.32. The summed E-state index contributed by atoms with van der Waals surface area (Å²) in [7, 11) is 0. The Hall–Kier alpha value is -3.28. The summed E-state index contributed by atoms with van der Waals surface area (Å²) in [5, 5.41) is 0. The largest absolute Gasteiger partial charge is 0.491 e. The zero-order valence-electron chi connectivity index (χ0n) is 15.4. The van der Waals surface area contributed by atoms with Crippen LogP contribution in [0.1, 0.15) is 21.5 Å². The van der Waals surface area contributed by atoms with Crippen LogP contribution in [-0.2, 0) is 12.7 Å². The van der Waals surface area contributed by atoms with E-state index in [2.05, 4.69) is 0 Å². The molecule has 0 bridgehead atoms. The Morgan fingerprint density at radius 2 is 1.66 bits per heavy atom. The molecule has 0 N–H and O–H groups in total. The Labute approximate surface area is 166 Å². The number of nitrogens with zero attached hydrogens (tertiary/aromatic N) is 1. The van der Waals surface area contributed by atoms with Gasteiger partial charge >= 0.3 is 6.18 Å². The summed E-state index contributed by atoms with van der Waals surface area (Å²) in [5.41, 5.74) is 1.80. The van der Waals surface area contributed by atoms with E-state index in [0.29, 0.717) is 16.9 Å². The Bertz CT molecular complexity index is 1030. The molecule has 3 nitrogen and oxygen atoms in total. The molecular formula is C23H18F3NO2. The molecule has 1 amide bonds. The van der Waals surface area contributed by atoms with Crippen LogP contribution in [0.25, 0.3) is 11.1 Å². The van der Waals surface area contributed by atoms with Gasteiger partial charge in [0.1, 0.15) is 12.4 Å². The first-order chi connectivity index (χ1) is 13.9. The minimum atomic E-state index is -4.45. The molecule has 0 aromatic heterocycles. The van der Waals surface area contributed by atoms with E-state index >= 15 is 0 Å². The van der Waals surface area contributed by atoms with Gasteiger partial charge in [-0.3, -0.25) is 4.79 Å². The van der Waals surface area contributed by atoms with Crippen molar-refractivity contribution in [3.63, 3.8) is 0 Å². The van der Waals surface area contributed by atoms with Crippen molar-refractivity contribution in [2.75, 3.05) is 13.2 Å². The normalized spacial score (nSPS) is 14.0. The number of hydrogen-bond donors (Lipinski definition) is 0. The van der Waals surface area contributed by atoms with E-state index in [9.17, 15) is 18.0 Å². The molecule has 3 aromatic carbocycles. The van der Waals surface area contributed by atoms with Crippen molar-refractivity contribution < 1.29 is 22.7 Å². The lowest BCUT2D eigenvalue weighted by Gasteiger charge is -2.22. The maximum Gasteiger partial charge on any atom is 0.416 e. The van der Waals surface area contributed by atoms with Gasteiger partial charge < -0.3 is 9.64 Å². The highest BCUT2D eigenvalue weighted by atomic mass is 19.4. The maximum absolute atomic E-state index is 13.3. The molecule has 0 atom stereocenters. The van der Waals surface area contributed by atoms with Gasteiger partial charge in [-0.05, 0) is 35.4 Å². The zero-order valence-corrected chi connectivity index (χ0v) is 15.4. The van der Waals surface area contributed by atoms with Crippen molar-refractivity contribution in [1.82, 2.24) is 4.90 Å². The monoisotopic (exact) mass is 397 g/mol. The first-order valence-corrected chi connectivity index (χ1v) is 9.20. The number of fused-ring (bicyclic) bond motifs is 1. The van der Waals surface area contributed by atoms with Gasteiger partial charge in [-0.25, -0.2) is 0 Å². The fourth-order valence-electron chi connectivity index (χ4n) is 3.45. The number of halogens is 3. The third-order valence-corrected chi connectivity index (χ3v) is 4.90. The molecule has 0 unspecified atom stereocenters. The number of benzene rings is 3. The summed E-state index contributed by atoms with van der Waals surface area (Å²) in [6.45, 7) is 0.566. The number of rotatable bonds is 2. The van der Waals surface area contributed by atoms with Gasteiger partial charge in [0.25, 0.3) is 5.91 Å². The molecule has 0 spiro atoms. The predicted molar refractivity (Wildman–Crippen MR) is 104 cm³/mol. The molecule has 6 heteroatoms. The van der Waals surface area contributed by atoms with Crippen LogP contribution in [0, 0.1) is 0 Å². The SMILES string of the molecule is O=C(c1ccccc1-c1ccccc1)N1CCOc2ccc(C(F)(F)F)cc2C1. The zero-order chi connectivity index (χ0) is 20.4. The molecule has 3 aromatic rings. The van der Waals surface area contributed by atoms with Crippen LogP contribution in [0.2, 0.25) is 0 Å². The van der Waals surface area contributed by atoms with Gasteiger partial charge in [-0.15, -0.1) is 0 Å². The van der Waals surface area contributed by atoms with Gasteiger partial charge in [0.2, 0.25) is 0 Å². The molecule has 4 rings (SSSR count). The van der Waals surface area contributed by atoms with Crippen molar-refractivity contribution in [3.05, 3.63) is 89.5 Å². The number of ether oxygens (including phenoxy) is 1. The third kappa shape index (κ3) is 3.97. The van der Waals surface area contributed by atoms with Gasteiger partial charge in [-0.2, -0.15) is 13.2 Å². The van der Waals surface area contributed by atoms with Gasteiger partial charge in [-0.1, -0.05) is 48.5 Å². The second-order valence-electron chi connectivity index (χ2n) is 6.81. The second-order valence-corrected chi connectivity index (χ2v) is 6.81. The molecule has 0 radical (unpaired) electrons. The predicted octanol–water partition coefficient (Wildman–Crippen LogP) is 5.41. The van der Waals surface area contributed by atoms with Crippen LogP contribution in [0.5, 0.6) is 5.75 Å². The molecule has 0 fully saturated rings. The molecule has 0 saturated carbocycles. The second kappa shape index (κ2) is 7.62.